The van der Waals surface area contributed by atoms with Crippen LogP contribution >= 0.6 is 0 Å². The van der Waals surface area contributed by atoms with Crippen LogP contribution in [0.25, 0.3) is 0 Å². The molecule has 0 aliphatic heterocycles. The summed E-state index contributed by atoms with van der Waals surface area (Å²) < 4.78 is 0. The number of rotatable bonds is 0. The molecule has 0 aliphatic rings. The average molecular weight is 463 g/mol. The molecule has 0 fully saturated rings. The Bertz CT molecular complexity index is 851. The zero-order valence-corrected chi connectivity index (χ0v) is 20.4. The molecule has 0 saturated carbocycles. The molecule has 0 aromatic heterocycles. The number of hydrogen-bond acceptors (Lipinski definition) is 3. The predicted molar refractivity (Wildman–Crippen MR) is 129 cm³/mol. The minimum Gasteiger partial charge on any atom is -0.508 e. The van der Waals surface area contributed by atoms with Gasteiger partial charge < -0.3 is 15.3 Å². The van der Waals surface area contributed by atoms with Crippen LogP contribution in [0.2, 0.25) is 0 Å². The van der Waals surface area contributed by atoms with E-state index in [1.807, 2.05) is 106 Å². The topological polar surface area (TPSA) is 60.7 Å². The molecule has 0 unspecified atom stereocenters. The Morgan fingerprint density at radius 2 is 0.688 bits per heavy atom. The summed E-state index contributed by atoms with van der Waals surface area (Å²) in [5.41, 5.74) is 3.84. The molecule has 0 saturated heterocycles. The molecule has 0 radical (unpaired) electrons. The van der Waals surface area contributed by atoms with Crippen LogP contribution in [0.15, 0.2) is 103 Å². The molecule has 3 nitrogen and oxygen atoms in total. The zero-order chi connectivity index (χ0) is 23.1. The molecule has 0 atom stereocenters. The Balaban J connectivity index is 0.000000397. The van der Waals surface area contributed by atoms with E-state index in [1.54, 1.807) is 18.2 Å². The van der Waals surface area contributed by atoms with Crippen molar-refractivity contribution in [2.45, 2.75) is 20.8 Å². The Morgan fingerprint density at radius 3 is 0.844 bits per heavy atom. The van der Waals surface area contributed by atoms with Gasteiger partial charge in [0.15, 0.2) is 0 Å². The summed E-state index contributed by atoms with van der Waals surface area (Å²) in [5.74, 6) is 1.10. The first-order chi connectivity index (χ1) is 14.8. The summed E-state index contributed by atoms with van der Waals surface area (Å²) in [7, 11) is 0. The number of phenolic OH excluding ortho intramolecular Hbond substituents is 3. The van der Waals surface area contributed by atoms with Crippen molar-refractivity contribution in [2.24, 2.45) is 0 Å². The Morgan fingerprint density at radius 1 is 0.438 bits per heavy atom. The van der Waals surface area contributed by atoms with Crippen molar-refractivity contribution < 1.29 is 37.0 Å². The first-order valence-corrected chi connectivity index (χ1v) is 9.92. The van der Waals surface area contributed by atoms with Gasteiger partial charge in [0.2, 0.25) is 0 Å². The van der Waals surface area contributed by atoms with Gasteiger partial charge in [-0.1, -0.05) is 60.7 Å². The molecule has 0 aliphatic carbocycles. The summed E-state index contributed by atoms with van der Waals surface area (Å²) in [6.45, 7) is 9.33. The molecular weight excluding hydrogens is 432 g/mol. The average Bonchev–Trinajstić information content (AvgIpc) is 2.77. The van der Waals surface area contributed by atoms with Crippen LogP contribution in [0.5, 0.6) is 17.2 Å². The SMILES string of the molecule is Cc1ccccc1O.Cc1ccccc1O.Cc1ccccc1O.[CH2-]c1ccccc1.[Ti]. The maximum absolute atomic E-state index is 8.92. The van der Waals surface area contributed by atoms with Crippen LogP contribution in [-0.2, 0) is 21.7 Å². The number of para-hydroxylation sites is 3. The number of hydrogen-bond donors (Lipinski definition) is 3. The van der Waals surface area contributed by atoms with E-state index in [1.165, 1.54) is 0 Å². The molecule has 3 N–H and O–H groups in total. The van der Waals surface area contributed by atoms with Crippen molar-refractivity contribution in [3.05, 3.63) is 132 Å². The standard InChI is InChI=1S/3C7H8O.C7H7.Ti/c3*1-6-4-2-3-5-7(6)8;1-7-5-3-2-4-6-7;/h3*2-5,8H,1H3;2-6H,1H2;/q;;;-1;. The fraction of sp³-hybridized carbons (Fsp3) is 0.107. The van der Waals surface area contributed by atoms with E-state index in [4.69, 9.17) is 15.3 Å². The third-order valence-corrected chi connectivity index (χ3v) is 4.19. The van der Waals surface area contributed by atoms with Gasteiger partial charge in [0.25, 0.3) is 0 Å². The number of aromatic hydroxyl groups is 3. The number of aryl methyl sites for hydroxylation is 3. The van der Waals surface area contributed by atoms with E-state index >= 15 is 0 Å². The maximum atomic E-state index is 8.92. The molecule has 4 rings (SSSR count). The summed E-state index contributed by atoms with van der Waals surface area (Å²) in [4.78, 5) is 0. The molecule has 0 spiro atoms. The molecule has 4 heteroatoms. The predicted octanol–water partition coefficient (Wildman–Crippen LogP) is 6.97. The van der Waals surface area contributed by atoms with Crippen LogP contribution in [-0.4, -0.2) is 15.3 Å². The van der Waals surface area contributed by atoms with Gasteiger partial charge in [-0.2, -0.15) is 24.6 Å². The van der Waals surface area contributed by atoms with Crippen molar-refractivity contribution in [1.82, 2.24) is 0 Å². The molecule has 0 heterocycles. The van der Waals surface area contributed by atoms with E-state index in [-0.39, 0.29) is 21.7 Å². The van der Waals surface area contributed by atoms with Gasteiger partial charge in [0.1, 0.15) is 17.2 Å². The van der Waals surface area contributed by atoms with E-state index in [0.717, 1.165) is 22.3 Å². The molecule has 0 amide bonds. The maximum Gasteiger partial charge on any atom is 0.118 e. The van der Waals surface area contributed by atoms with Gasteiger partial charge in [-0.15, -0.1) is 12.1 Å². The second-order valence-corrected chi connectivity index (χ2v) is 6.85. The largest absolute Gasteiger partial charge is 0.508 e. The fourth-order valence-corrected chi connectivity index (χ4v) is 2.17. The third kappa shape index (κ3) is 12.5. The van der Waals surface area contributed by atoms with Crippen LogP contribution < -0.4 is 0 Å². The summed E-state index contributed by atoms with van der Waals surface area (Å²) in [5, 5.41) is 26.8. The van der Waals surface area contributed by atoms with Crippen molar-refractivity contribution in [3.63, 3.8) is 0 Å². The summed E-state index contributed by atoms with van der Waals surface area (Å²) in [6.07, 6.45) is 0. The fourth-order valence-electron chi connectivity index (χ4n) is 2.17. The molecule has 0 bridgehead atoms. The smallest absolute Gasteiger partial charge is 0.118 e. The molecule has 4 aromatic rings. The Kier molecular flexibility index (Phi) is 14.9. The van der Waals surface area contributed by atoms with Crippen LogP contribution in [0.3, 0.4) is 0 Å². The monoisotopic (exact) mass is 463 g/mol. The normalized spacial score (nSPS) is 8.72. The second-order valence-electron chi connectivity index (χ2n) is 6.85. The van der Waals surface area contributed by atoms with Crippen molar-refractivity contribution in [1.29, 1.82) is 0 Å². The minimum absolute atomic E-state index is 0. The molecular formula is C28H31O3Ti-. The van der Waals surface area contributed by atoms with Gasteiger partial charge >= 0.3 is 0 Å². The van der Waals surface area contributed by atoms with E-state index < -0.39 is 0 Å². The van der Waals surface area contributed by atoms with Crippen molar-refractivity contribution >= 4 is 0 Å². The van der Waals surface area contributed by atoms with E-state index in [0.29, 0.717) is 17.2 Å². The molecule has 32 heavy (non-hydrogen) atoms. The Hall–Kier alpha value is -3.14. The van der Waals surface area contributed by atoms with E-state index in [9.17, 15) is 0 Å². The van der Waals surface area contributed by atoms with Gasteiger partial charge in [0, 0.05) is 21.7 Å². The quantitative estimate of drug-likeness (QED) is 0.195. The van der Waals surface area contributed by atoms with Crippen LogP contribution in [0, 0.1) is 27.7 Å². The third-order valence-electron chi connectivity index (χ3n) is 4.19. The summed E-state index contributed by atoms with van der Waals surface area (Å²) in [6, 6.07) is 31.6. The molecule has 166 valence electrons. The number of phenols is 3. The first-order valence-electron chi connectivity index (χ1n) is 9.92. The van der Waals surface area contributed by atoms with Gasteiger partial charge in [-0.3, -0.25) is 0 Å². The Labute approximate surface area is 206 Å². The minimum atomic E-state index is 0. The second kappa shape index (κ2) is 16.5. The van der Waals surface area contributed by atoms with Gasteiger partial charge in [0.05, 0.1) is 0 Å². The van der Waals surface area contributed by atoms with Crippen molar-refractivity contribution in [3.8, 4) is 17.2 Å². The zero-order valence-electron chi connectivity index (χ0n) is 18.9. The van der Waals surface area contributed by atoms with Crippen LogP contribution in [0.4, 0.5) is 0 Å². The van der Waals surface area contributed by atoms with Gasteiger partial charge in [-0.25, -0.2) is 0 Å². The number of benzene rings is 4. The molecule has 4 aromatic carbocycles. The van der Waals surface area contributed by atoms with E-state index in [2.05, 4.69) is 6.92 Å². The van der Waals surface area contributed by atoms with Crippen LogP contribution in [0.1, 0.15) is 22.3 Å². The van der Waals surface area contributed by atoms with Gasteiger partial charge in [-0.05, 0) is 55.7 Å². The summed E-state index contributed by atoms with van der Waals surface area (Å²) >= 11 is 0. The van der Waals surface area contributed by atoms with Crippen molar-refractivity contribution in [2.75, 3.05) is 0 Å². The first kappa shape index (κ1) is 28.9.